The Hall–Kier alpha value is -3.85. The minimum absolute atomic E-state index is 0.0509. The van der Waals surface area contributed by atoms with Crippen molar-refractivity contribution >= 4 is 27.5 Å². The highest BCUT2D eigenvalue weighted by Crippen LogP contribution is 2.32. The third-order valence-electron chi connectivity index (χ3n) is 6.78. The van der Waals surface area contributed by atoms with Gasteiger partial charge in [0.25, 0.3) is 10.0 Å². The maximum Gasteiger partial charge on any atom is 0.264 e. The van der Waals surface area contributed by atoms with Crippen LogP contribution in [0.25, 0.3) is 0 Å². The van der Waals surface area contributed by atoms with E-state index >= 15 is 0 Å². The van der Waals surface area contributed by atoms with Gasteiger partial charge in [-0.3, -0.25) is 13.9 Å². The van der Waals surface area contributed by atoms with Crippen LogP contribution in [0.5, 0.6) is 5.75 Å². The number of hydrogen-bond donors (Lipinski definition) is 1. The van der Waals surface area contributed by atoms with Gasteiger partial charge >= 0.3 is 0 Å². The summed E-state index contributed by atoms with van der Waals surface area (Å²) in [6, 6.07) is 20.0. The van der Waals surface area contributed by atoms with Crippen LogP contribution in [-0.4, -0.2) is 51.4 Å². The minimum atomic E-state index is -4.17. The molecule has 0 heterocycles. The second-order valence-electron chi connectivity index (χ2n) is 9.66. The lowest BCUT2D eigenvalue weighted by atomic mass is 10.1. The van der Waals surface area contributed by atoms with Gasteiger partial charge in [-0.1, -0.05) is 67.9 Å². The number of carbonyl (C=O) groups is 2. The van der Waals surface area contributed by atoms with Crippen molar-refractivity contribution in [2.75, 3.05) is 24.5 Å². The highest BCUT2D eigenvalue weighted by molar-refractivity contribution is 7.92. The van der Waals surface area contributed by atoms with E-state index in [1.54, 1.807) is 36.4 Å². The lowest BCUT2D eigenvalue weighted by Gasteiger charge is -2.33. The molecule has 1 N–H and O–H groups in total. The number of ether oxygens (including phenoxy) is 1. The monoisotopic (exact) mass is 565 g/mol. The number of rotatable bonds is 13. The molecular formula is C31H39N3O5S. The molecule has 2 amide bonds. The van der Waals surface area contributed by atoms with E-state index in [-0.39, 0.29) is 23.0 Å². The summed E-state index contributed by atoms with van der Waals surface area (Å²) in [6.45, 7) is 7.74. The quantitative estimate of drug-likeness (QED) is 0.320. The lowest BCUT2D eigenvalue weighted by molar-refractivity contribution is -0.140. The van der Waals surface area contributed by atoms with Gasteiger partial charge in [0.05, 0.1) is 17.7 Å². The third kappa shape index (κ3) is 7.21. The van der Waals surface area contributed by atoms with Crippen molar-refractivity contribution in [2.24, 2.45) is 0 Å². The fraction of sp³-hybridized carbons (Fsp3) is 0.355. The number of nitrogens with one attached hydrogen (secondary N) is 1. The summed E-state index contributed by atoms with van der Waals surface area (Å²) in [5.74, 6) is -0.455. The van der Waals surface area contributed by atoms with E-state index in [0.29, 0.717) is 18.7 Å². The number of amides is 2. The van der Waals surface area contributed by atoms with Crippen LogP contribution in [0.15, 0.2) is 77.7 Å². The van der Waals surface area contributed by atoms with Crippen molar-refractivity contribution in [1.82, 2.24) is 10.2 Å². The summed E-state index contributed by atoms with van der Waals surface area (Å²) < 4.78 is 34.6. The number of hydrogen-bond acceptors (Lipinski definition) is 5. The summed E-state index contributed by atoms with van der Waals surface area (Å²) >= 11 is 0. The van der Waals surface area contributed by atoms with Gasteiger partial charge in [-0.25, -0.2) is 8.42 Å². The van der Waals surface area contributed by atoms with Gasteiger partial charge in [-0.05, 0) is 62.1 Å². The van der Waals surface area contributed by atoms with Crippen LogP contribution in [0.4, 0.5) is 5.69 Å². The highest BCUT2D eigenvalue weighted by atomic mass is 32.2. The fourth-order valence-corrected chi connectivity index (χ4v) is 5.87. The van der Waals surface area contributed by atoms with Gasteiger partial charge < -0.3 is 15.0 Å². The molecule has 214 valence electrons. The Balaban J connectivity index is 2.10. The van der Waals surface area contributed by atoms with Crippen molar-refractivity contribution in [2.45, 2.75) is 58.0 Å². The number of nitrogens with zero attached hydrogens (tertiary/aromatic N) is 2. The Kier molecular flexibility index (Phi) is 10.7. The standard InChI is InChI=1S/C31H39N3O5S/c1-6-20-32-31(36)27(7-2)33(21-25-13-9-8-12-24(25)4)30(35)22-34(28-14-10-11-15-29(28)39-5)40(37,38)26-18-16-23(3)17-19-26/h8-19,27H,6-7,20-22H2,1-5H3,(H,32,36)/t27-/m0/s1. The number of methoxy groups -OCH3 is 1. The molecule has 0 aromatic heterocycles. The predicted molar refractivity (Wildman–Crippen MR) is 158 cm³/mol. The molecule has 0 radical (unpaired) electrons. The van der Waals surface area contributed by atoms with E-state index < -0.39 is 28.5 Å². The Morgan fingerprint density at radius 2 is 1.57 bits per heavy atom. The topological polar surface area (TPSA) is 96.0 Å². The molecule has 3 rings (SSSR count). The molecule has 40 heavy (non-hydrogen) atoms. The number of anilines is 1. The predicted octanol–water partition coefficient (Wildman–Crippen LogP) is 4.84. The number of benzene rings is 3. The van der Waals surface area contributed by atoms with Crippen LogP contribution in [0, 0.1) is 13.8 Å². The lowest BCUT2D eigenvalue weighted by Crippen LogP contribution is -2.52. The summed E-state index contributed by atoms with van der Waals surface area (Å²) in [5, 5.41) is 2.90. The number of aryl methyl sites for hydroxylation is 2. The SMILES string of the molecule is CCCNC(=O)[C@H](CC)N(Cc1ccccc1C)C(=O)CN(c1ccccc1OC)S(=O)(=O)c1ccc(C)cc1. The number of carbonyl (C=O) groups excluding carboxylic acids is 2. The molecule has 0 aliphatic rings. The van der Waals surface area contributed by atoms with E-state index in [1.807, 2.05) is 52.0 Å². The molecule has 0 saturated heterocycles. The van der Waals surface area contributed by atoms with Crippen LogP contribution in [-0.2, 0) is 26.2 Å². The van der Waals surface area contributed by atoms with E-state index in [0.717, 1.165) is 27.4 Å². The molecule has 0 fully saturated rings. The average molecular weight is 566 g/mol. The zero-order chi connectivity index (χ0) is 29.3. The molecule has 3 aromatic rings. The van der Waals surface area contributed by atoms with E-state index in [9.17, 15) is 18.0 Å². The van der Waals surface area contributed by atoms with Gasteiger partial charge in [0.15, 0.2) is 0 Å². The van der Waals surface area contributed by atoms with E-state index in [2.05, 4.69) is 5.32 Å². The molecule has 1 atom stereocenters. The molecule has 0 bridgehead atoms. The zero-order valence-electron chi connectivity index (χ0n) is 23.9. The highest BCUT2D eigenvalue weighted by Gasteiger charge is 2.34. The second-order valence-corrected chi connectivity index (χ2v) is 11.5. The summed E-state index contributed by atoms with van der Waals surface area (Å²) in [5.41, 5.74) is 2.99. The number of sulfonamides is 1. The first kappa shape index (κ1) is 30.7. The summed E-state index contributed by atoms with van der Waals surface area (Å²) in [4.78, 5) is 28.9. The van der Waals surface area contributed by atoms with Gasteiger partial charge in [-0.15, -0.1) is 0 Å². The van der Waals surface area contributed by atoms with Crippen LogP contribution < -0.4 is 14.4 Å². The molecule has 0 aliphatic carbocycles. The van der Waals surface area contributed by atoms with Gasteiger partial charge in [0.1, 0.15) is 18.3 Å². The molecule has 0 saturated carbocycles. The molecule has 3 aromatic carbocycles. The summed E-state index contributed by atoms with van der Waals surface area (Å²) in [6.07, 6.45) is 1.12. The molecule has 9 heteroatoms. The van der Waals surface area contributed by atoms with Crippen molar-refractivity contribution < 1.29 is 22.7 Å². The molecule has 0 aliphatic heterocycles. The number of para-hydroxylation sites is 2. The zero-order valence-corrected chi connectivity index (χ0v) is 24.7. The maximum absolute atomic E-state index is 14.2. The smallest absolute Gasteiger partial charge is 0.264 e. The largest absolute Gasteiger partial charge is 0.495 e. The van der Waals surface area contributed by atoms with Crippen molar-refractivity contribution in [1.29, 1.82) is 0 Å². The minimum Gasteiger partial charge on any atom is -0.495 e. The summed E-state index contributed by atoms with van der Waals surface area (Å²) in [7, 11) is -2.72. The fourth-order valence-electron chi connectivity index (χ4n) is 4.44. The van der Waals surface area contributed by atoms with Crippen molar-refractivity contribution in [3.8, 4) is 5.75 Å². The Labute approximate surface area is 238 Å². The van der Waals surface area contributed by atoms with E-state index in [4.69, 9.17) is 4.74 Å². The maximum atomic E-state index is 14.2. The molecule has 0 spiro atoms. The molecule has 0 unspecified atom stereocenters. The average Bonchev–Trinajstić information content (AvgIpc) is 2.95. The molecule has 8 nitrogen and oxygen atoms in total. The van der Waals surface area contributed by atoms with Gasteiger partial charge in [-0.2, -0.15) is 0 Å². The Morgan fingerprint density at radius 3 is 2.20 bits per heavy atom. The van der Waals surface area contributed by atoms with Crippen LogP contribution in [0.3, 0.4) is 0 Å². The van der Waals surface area contributed by atoms with Gasteiger partial charge in [0, 0.05) is 13.1 Å². The van der Waals surface area contributed by atoms with Crippen molar-refractivity contribution in [3.63, 3.8) is 0 Å². The van der Waals surface area contributed by atoms with Crippen LogP contribution in [0.1, 0.15) is 43.4 Å². The first-order valence-electron chi connectivity index (χ1n) is 13.5. The Bertz CT molecular complexity index is 1410. The first-order chi connectivity index (χ1) is 19.1. The van der Waals surface area contributed by atoms with Crippen LogP contribution >= 0.6 is 0 Å². The first-order valence-corrected chi connectivity index (χ1v) is 14.9. The van der Waals surface area contributed by atoms with Crippen molar-refractivity contribution in [3.05, 3.63) is 89.5 Å². The van der Waals surface area contributed by atoms with Crippen LogP contribution in [0.2, 0.25) is 0 Å². The Morgan fingerprint density at radius 1 is 0.925 bits per heavy atom. The normalized spacial score (nSPS) is 11.9. The molecular weight excluding hydrogens is 526 g/mol. The second kappa shape index (κ2) is 14.0. The van der Waals surface area contributed by atoms with E-state index in [1.165, 1.54) is 24.1 Å². The van der Waals surface area contributed by atoms with Gasteiger partial charge in [0.2, 0.25) is 11.8 Å². The third-order valence-corrected chi connectivity index (χ3v) is 8.55.